The fourth-order valence-corrected chi connectivity index (χ4v) is 0.947. The maximum atomic E-state index is 10.7. The molecule has 0 heterocycles. The van der Waals surface area contributed by atoms with Crippen LogP contribution in [-0.2, 0) is 16.1 Å². The van der Waals surface area contributed by atoms with Gasteiger partial charge in [-0.1, -0.05) is 30.3 Å². The molecule has 0 spiro atoms. The molecule has 0 aliphatic rings. The summed E-state index contributed by atoms with van der Waals surface area (Å²) in [7, 11) is 0. The van der Waals surface area contributed by atoms with Crippen LogP contribution in [0.1, 0.15) is 5.56 Å². The highest BCUT2D eigenvalue weighted by Gasteiger charge is 1.95. The van der Waals surface area contributed by atoms with E-state index in [2.05, 4.69) is 5.32 Å². The second-order valence-corrected chi connectivity index (χ2v) is 2.78. The molecule has 0 saturated heterocycles. The monoisotopic (exact) mass is 194 g/mol. The summed E-state index contributed by atoms with van der Waals surface area (Å²) < 4.78 is 5.20. The van der Waals surface area contributed by atoms with Crippen molar-refractivity contribution in [3.63, 3.8) is 0 Å². The fourth-order valence-electron chi connectivity index (χ4n) is 0.947. The molecule has 1 aromatic rings. The van der Waals surface area contributed by atoms with E-state index in [1.807, 2.05) is 30.3 Å². The minimum atomic E-state index is -0.210. The molecule has 0 aromatic heterocycles. The molecular weight excluding hydrogens is 180 g/mol. The Hall–Kier alpha value is -1.39. The van der Waals surface area contributed by atoms with Gasteiger partial charge in [-0.15, -0.1) is 0 Å². The van der Waals surface area contributed by atoms with Crippen molar-refractivity contribution in [2.75, 3.05) is 13.3 Å². The molecule has 0 aliphatic carbocycles. The van der Waals surface area contributed by atoms with E-state index in [-0.39, 0.29) is 19.2 Å². The zero-order chi connectivity index (χ0) is 10.2. The Kier molecular flexibility index (Phi) is 4.68. The third-order valence-electron chi connectivity index (χ3n) is 1.67. The molecule has 4 heteroatoms. The van der Waals surface area contributed by atoms with E-state index in [9.17, 15) is 4.79 Å². The maximum Gasteiger partial charge on any atom is 0.235 e. The lowest BCUT2D eigenvalue weighted by Gasteiger charge is -2.05. The van der Waals surface area contributed by atoms with Crippen LogP contribution < -0.4 is 11.1 Å². The van der Waals surface area contributed by atoms with Gasteiger partial charge in [-0.3, -0.25) is 4.79 Å². The van der Waals surface area contributed by atoms with Crippen LogP contribution in [-0.4, -0.2) is 19.2 Å². The van der Waals surface area contributed by atoms with Crippen LogP contribution in [0.5, 0.6) is 0 Å². The molecule has 0 aliphatic heterocycles. The lowest BCUT2D eigenvalue weighted by Crippen LogP contribution is -2.31. The van der Waals surface area contributed by atoms with E-state index < -0.39 is 0 Å². The highest BCUT2D eigenvalue weighted by atomic mass is 16.5. The third kappa shape index (κ3) is 4.02. The van der Waals surface area contributed by atoms with Crippen LogP contribution in [0.4, 0.5) is 0 Å². The van der Waals surface area contributed by atoms with Gasteiger partial charge in [0.2, 0.25) is 5.91 Å². The number of carbonyl (C=O) groups is 1. The Bertz CT molecular complexity index is 275. The Labute approximate surface area is 83.1 Å². The van der Waals surface area contributed by atoms with E-state index in [0.717, 1.165) is 5.56 Å². The zero-order valence-corrected chi connectivity index (χ0v) is 7.90. The Morgan fingerprint density at radius 1 is 1.36 bits per heavy atom. The van der Waals surface area contributed by atoms with Crippen molar-refractivity contribution in [3.8, 4) is 0 Å². The number of amides is 1. The number of carbonyl (C=O) groups excluding carboxylic acids is 1. The Balaban J connectivity index is 2.13. The van der Waals surface area contributed by atoms with Gasteiger partial charge < -0.3 is 15.8 Å². The van der Waals surface area contributed by atoms with Gasteiger partial charge in [0.15, 0.2) is 0 Å². The van der Waals surface area contributed by atoms with Gasteiger partial charge in [-0.2, -0.15) is 0 Å². The smallest absolute Gasteiger partial charge is 0.235 e. The first-order chi connectivity index (χ1) is 6.83. The molecule has 14 heavy (non-hydrogen) atoms. The summed E-state index contributed by atoms with van der Waals surface area (Å²) in [5, 5.41) is 2.52. The maximum absolute atomic E-state index is 10.7. The molecule has 0 radical (unpaired) electrons. The molecule has 0 fully saturated rings. The van der Waals surface area contributed by atoms with Crippen LogP contribution in [0, 0.1) is 0 Å². The number of ether oxygens (including phenoxy) is 1. The molecule has 0 atom stereocenters. The quantitative estimate of drug-likeness (QED) is 0.521. The summed E-state index contributed by atoms with van der Waals surface area (Å²) >= 11 is 0. The summed E-state index contributed by atoms with van der Waals surface area (Å²) in [6, 6.07) is 9.75. The van der Waals surface area contributed by atoms with Crippen LogP contribution in [0.15, 0.2) is 30.3 Å². The predicted octanol–water partition coefficient (Wildman–Crippen LogP) is 0.236. The molecule has 3 N–H and O–H groups in total. The molecule has 1 aromatic carbocycles. The van der Waals surface area contributed by atoms with Crippen molar-refractivity contribution >= 4 is 5.91 Å². The topological polar surface area (TPSA) is 64.4 Å². The fraction of sp³-hybridized carbons (Fsp3) is 0.300. The lowest BCUT2D eigenvalue weighted by atomic mass is 10.2. The van der Waals surface area contributed by atoms with Crippen molar-refractivity contribution < 1.29 is 9.53 Å². The largest absolute Gasteiger partial charge is 0.357 e. The summed E-state index contributed by atoms with van der Waals surface area (Å²) in [4.78, 5) is 10.7. The molecule has 0 bridgehead atoms. The minimum Gasteiger partial charge on any atom is -0.357 e. The molecule has 4 nitrogen and oxygen atoms in total. The van der Waals surface area contributed by atoms with Crippen LogP contribution in [0.3, 0.4) is 0 Å². The average molecular weight is 194 g/mol. The number of benzene rings is 1. The summed E-state index contributed by atoms with van der Waals surface area (Å²) in [6.07, 6.45) is 0. The van der Waals surface area contributed by atoms with E-state index in [1.165, 1.54) is 0 Å². The van der Waals surface area contributed by atoms with Gasteiger partial charge in [0.05, 0.1) is 13.2 Å². The number of nitrogens with one attached hydrogen (secondary N) is 1. The van der Waals surface area contributed by atoms with Crippen molar-refractivity contribution in [3.05, 3.63) is 35.9 Å². The van der Waals surface area contributed by atoms with Gasteiger partial charge >= 0.3 is 0 Å². The lowest BCUT2D eigenvalue weighted by molar-refractivity contribution is -0.121. The predicted molar refractivity (Wildman–Crippen MR) is 53.3 cm³/mol. The molecular formula is C10H14N2O2. The zero-order valence-electron chi connectivity index (χ0n) is 7.90. The Morgan fingerprint density at radius 3 is 2.71 bits per heavy atom. The SMILES string of the molecule is NCC(=O)NCOCc1ccccc1. The molecule has 0 unspecified atom stereocenters. The molecule has 1 rings (SSSR count). The van der Waals surface area contributed by atoms with Gasteiger partial charge in [0.25, 0.3) is 0 Å². The van der Waals surface area contributed by atoms with Crippen molar-refractivity contribution in [1.29, 1.82) is 0 Å². The summed E-state index contributed by atoms with van der Waals surface area (Å²) in [6.45, 7) is 0.686. The molecule has 76 valence electrons. The van der Waals surface area contributed by atoms with Gasteiger partial charge in [0, 0.05) is 0 Å². The Morgan fingerprint density at radius 2 is 2.07 bits per heavy atom. The van der Waals surface area contributed by atoms with E-state index in [1.54, 1.807) is 0 Å². The van der Waals surface area contributed by atoms with Crippen molar-refractivity contribution in [2.45, 2.75) is 6.61 Å². The highest BCUT2D eigenvalue weighted by Crippen LogP contribution is 1.99. The van der Waals surface area contributed by atoms with Gasteiger partial charge in [-0.25, -0.2) is 0 Å². The van der Waals surface area contributed by atoms with Crippen LogP contribution in [0.2, 0.25) is 0 Å². The van der Waals surface area contributed by atoms with Crippen LogP contribution in [0.25, 0.3) is 0 Å². The second kappa shape index (κ2) is 6.12. The standard InChI is InChI=1S/C10H14N2O2/c11-6-10(13)12-8-14-7-9-4-2-1-3-5-9/h1-5H,6-8,11H2,(H,12,13). The second-order valence-electron chi connectivity index (χ2n) is 2.78. The van der Waals surface area contributed by atoms with Gasteiger partial charge in [-0.05, 0) is 5.56 Å². The average Bonchev–Trinajstić information content (AvgIpc) is 2.25. The molecule has 1 amide bonds. The van der Waals surface area contributed by atoms with Crippen molar-refractivity contribution in [1.82, 2.24) is 5.32 Å². The first kappa shape index (κ1) is 10.7. The normalized spacial score (nSPS) is 9.79. The van der Waals surface area contributed by atoms with E-state index in [0.29, 0.717) is 6.61 Å². The van der Waals surface area contributed by atoms with E-state index >= 15 is 0 Å². The summed E-state index contributed by atoms with van der Waals surface area (Å²) in [5.74, 6) is -0.210. The van der Waals surface area contributed by atoms with Crippen molar-refractivity contribution in [2.24, 2.45) is 5.73 Å². The first-order valence-corrected chi connectivity index (χ1v) is 4.41. The number of hydrogen-bond donors (Lipinski definition) is 2. The first-order valence-electron chi connectivity index (χ1n) is 4.41. The van der Waals surface area contributed by atoms with Gasteiger partial charge in [0.1, 0.15) is 6.73 Å². The van der Waals surface area contributed by atoms with Crippen LogP contribution >= 0.6 is 0 Å². The minimum absolute atomic E-state index is 0.00526. The number of rotatable bonds is 5. The van der Waals surface area contributed by atoms with E-state index in [4.69, 9.17) is 10.5 Å². The number of nitrogens with two attached hydrogens (primary N) is 1. The molecule has 0 saturated carbocycles. The third-order valence-corrected chi connectivity index (χ3v) is 1.67. The summed E-state index contributed by atoms with van der Waals surface area (Å²) in [5.41, 5.74) is 6.18. The number of hydrogen-bond acceptors (Lipinski definition) is 3. The highest BCUT2D eigenvalue weighted by molar-refractivity contribution is 5.77.